The molecule has 0 atom stereocenters. The summed E-state index contributed by atoms with van der Waals surface area (Å²) in [6.45, 7) is 0. The van der Waals surface area contributed by atoms with E-state index in [9.17, 15) is 19.4 Å². The number of halogens is 1. The van der Waals surface area contributed by atoms with Crippen LogP contribution in [-0.4, -0.2) is 22.3 Å². The molecule has 0 bridgehead atoms. The molecule has 1 aliphatic carbocycles. The van der Waals surface area contributed by atoms with Crippen molar-refractivity contribution in [1.29, 1.82) is 0 Å². The summed E-state index contributed by atoms with van der Waals surface area (Å²) >= 11 is 0. The predicted molar refractivity (Wildman–Crippen MR) is 60.2 cm³/mol. The van der Waals surface area contributed by atoms with Crippen LogP contribution in [0.15, 0.2) is 24.3 Å². The fraction of sp³-hybridized carbons (Fsp3) is 0.462. The molecule has 3 nitrogen and oxygen atoms in total. The predicted octanol–water partition coefficient (Wildman–Crippen LogP) is 2.08. The Bertz CT molecular complexity index is 422. The summed E-state index contributed by atoms with van der Waals surface area (Å²) in [5, 5.41) is 18.9. The van der Waals surface area contributed by atoms with E-state index in [2.05, 4.69) is 0 Å². The number of carbonyl (C=O) groups is 1. The largest absolute Gasteiger partial charge is 0.481 e. The maximum Gasteiger partial charge on any atom is 0.314 e. The molecule has 1 saturated carbocycles. The summed E-state index contributed by atoms with van der Waals surface area (Å²) in [4.78, 5) is 11.5. The minimum atomic E-state index is -1.04. The molecular weight excluding hydrogens is 223 g/mol. The molecule has 0 spiro atoms. The first kappa shape index (κ1) is 12.0. The average Bonchev–Trinajstić information content (AvgIpc) is 2.30. The van der Waals surface area contributed by atoms with Crippen molar-refractivity contribution in [2.45, 2.75) is 37.2 Å². The smallest absolute Gasteiger partial charge is 0.314 e. The molecule has 0 saturated heterocycles. The number of hydrogen-bond donors (Lipinski definition) is 2. The molecule has 0 amide bonds. The Labute approximate surface area is 98.9 Å². The van der Waals surface area contributed by atoms with Gasteiger partial charge in [0.15, 0.2) is 0 Å². The SMILES string of the molecule is O=C(O)C1(c2cccc(F)c2)CCC(O)CC1. The number of carboxylic acids is 1. The van der Waals surface area contributed by atoms with Crippen LogP contribution in [0.25, 0.3) is 0 Å². The molecule has 0 unspecified atom stereocenters. The van der Waals surface area contributed by atoms with Crippen LogP contribution in [0.5, 0.6) is 0 Å². The van der Waals surface area contributed by atoms with Gasteiger partial charge in [0.2, 0.25) is 0 Å². The molecule has 0 heterocycles. The minimum absolute atomic E-state index is 0.354. The molecule has 17 heavy (non-hydrogen) atoms. The minimum Gasteiger partial charge on any atom is -0.481 e. The number of aliphatic hydroxyl groups is 1. The lowest BCUT2D eigenvalue weighted by Crippen LogP contribution is -2.40. The van der Waals surface area contributed by atoms with Gasteiger partial charge in [-0.15, -0.1) is 0 Å². The summed E-state index contributed by atoms with van der Waals surface area (Å²) in [5.74, 6) is -1.36. The first-order valence-corrected chi connectivity index (χ1v) is 5.72. The number of hydrogen-bond acceptors (Lipinski definition) is 2. The van der Waals surface area contributed by atoms with Crippen LogP contribution < -0.4 is 0 Å². The Morgan fingerprint density at radius 3 is 2.53 bits per heavy atom. The van der Waals surface area contributed by atoms with Crippen LogP contribution in [0.1, 0.15) is 31.2 Å². The molecule has 1 aliphatic rings. The van der Waals surface area contributed by atoms with Crippen LogP contribution in [0.2, 0.25) is 0 Å². The normalized spacial score (nSPS) is 28.9. The molecule has 0 radical (unpaired) electrons. The third-order valence-electron chi connectivity index (χ3n) is 3.60. The second-order valence-electron chi connectivity index (χ2n) is 4.63. The molecule has 2 rings (SSSR count). The fourth-order valence-electron chi connectivity index (χ4n) is 2.51. The molecular formula is C13H15FO3. The number of aliphatic hydroxyl groups excluding tert-OH is 1. The molecule has 4 heteroatoms. The van der Waals surface area contributed by atoms with Gasteiger partial charge in [0.1, 0.15) is 5.82 Å². The van der Waals surface area contributed by atoms with Gasteiger partial charge in [-0.3, -0.25) is 4.79 Å². The molecule has 1 fully saturated rings. The summed E-state index contributed by atoms with van der Waals surface area (Å²) in [6.07, 6.45) is 1.17. The second kappa shape index (κ2) is 4.45. The van der Waals surface area contributed by atoms with Crippen molar-refractivity contribution in [1.82, 2.24) is 0 Å². The fourth-order valence-corrected chi connectivity index (χ4v) is 2.51. The standard InChI is InChI=1S/C13H15FO3/c14-10-3-1-2-9(8-10)13(12(16)17)6-4-11(15)5-7-13/h1-3,8,11,15H,4-7H2,(H,16,17). The lowest BCUT2D eigenvalue weighted by Gasteiger charge is -2.35. The summed E-state index contributed by atoms with van der Waals surface area (Å²) in [5.41, 5.74) is -0.543. The van der Waals surface area contributed by atoms with Crippen molar-refractivity contribution in [3.8, 4) is 0 Å². The van der Waals surface area contributed by atoms with Gasteiger partial charge in [0.05, 0.1) is 11.5 Å². The van der Waals surface area contributed by atoms with E-state index in [0.717, 1.165) is 0 Å². The van der Waals surface area contributed by atoms with Gasteiger partial charge in [-0.1, -0.05) is 12.1 Å². The lowest BCUT2D eigenvalue weighted by atomic mass is 9.69. The Morgan fingerprint density at radius 1 is 1.35 bits per heavy atom. The molecule has 1 aromatic carbocycles. The Morgan fingerprint density at radius 2 is 2.00 bits per heavy atom. The van der Waals surface area contributed by atoms with Crippen LogP contribution in [0.4, 0.5) is 4.39 Å². The zero-order valence-corrected chi connectivity index (χ0v) is 9.40. The molecule has 92 valence electrons. The van der Waals surface area contributed by atoms with Crippen molar-refractivity contribution in [2.24, 2.45) is 0 Å². The maximum atomic E-state index is 13.2. The number of aliphatic carboxylic acids is 1. The highest BCUT2D eigenvalue weighted by molar-refractivity contribution is 5.81. The van der Waals surface area contributed by atoms with Crippen molar-refractivity contribution < 1.29 is 19.4 Å². The highest BCUT2D eigenvalue weighted by Gasteiger charge is 2.43. The van der Waals surface area contributed by atoms with Crippen molar-refractivity contribution in [2.75, 3.05) is 0 Å². The van der Waals surface area contributed by atoms with Crippen molar-refractivity contribution in [3.05, 3.63) is 35.6 Å². The van der Waals surface area contributed by atoms with Gasteiger partial charge in [-0.05, 0) is 43.4 Å². The number of carboxylic acid groups (broad SMARTS) is 1. The van der Waals surface area contributed by atoms with Crippen LogP contribution in [0, 0.1) is 5.82 Å². The quantitative estimate of drug-likeness (QED) is 0.829. The number of rotatable bonds is 2. The van der Waals surface area contributed by atoms with Crippen molar-refractivity contribution >= 4 is 5.97 Å². The van der Waals surface area contributed by atoms with Crippen LogP contribution in [0.3, 0.4) is 0 Å². The van der Waals surface area contributed by atoms with Gasteiger partial charge < -0.3 is 10.2 Å². The van der Waals surface area contributed by atoms with Gasteiger partial charge in [-0.25, -0.2) is 4.39 Å². The Balaban J connectivity index is 2.38. The topological polar surface area (TPSA) is 57.5 Å². The first-order chi connectivity index (χ1) is 8.04. The Hall–Kier alpha value is -1.42. The molecule has 1 aromatic rings. The monoisotopic (exact) mass is 238 g/mol. The molecule has 0 aromatic heterocycles. The highest BCUT2D eigenvalue weighted by Crippen LogP contribution is 2.40. The summed E-state index contributed by atoms with van der Waals surface area (Å²) in [7, 11) is 0. The Kier molecular flexibility index (Phi) is 3.15. The lowest BCUT2D eigenvalue weighted by molar-refractivity contribution is -0.146. The third-order valence-corrected chi connectivity index (χ3v) is 3.60. The average molecular weight is 238 g/mol. The highest BCUT2D eigenvalue weighted by atomic mass is 19.1. The van der Waals surface area contributed by atoms with Gasteiger partial charge in [-0.2, -0.15) is 0 Å². The first-order valence-electron chi connectivity index (χ1n) is 5.72. The molecule has 0 aliphatic heterocycles. The zero-order valence-electron chi connectivity index (χ0n) is 9.40. The van der Waals surface area contributed by atoms with E-state index < -0.39 is 23.3 Å². The van der Waals surface area contributed by atoms with Gasteiger partial charge in [0, 0.05) is 0 Å². The van der Waals surface area contributed by atoms with E-state index in [0.29, 0.717) is 31.2 Å². The maximum absolute atomic E-state index is 13.2. The number of benzene rings is 1. The van der Waals surface area contributed by atoms with E-state index in [1.54, 1.807) is 6.07 Å². The second-order valence-corrected chi connectivity index (χ2v) is 4.63. The van der Waals surface area contributed by atoms with E-state index >= 15 is 0 Å². The summed E-state index contributed by atoms with van der Waals surface area (Å²) in [6, 6.07) is 5.76. The van der Waals surface area contributed by atoms with Gasteiger partial charge in [0.25, 0.3) is 0 Å². The van der Waals surface area contributed by atoms with Crippen molar-refractivity contribution in [3.63, 3.8) is 0 Å². The zero-order chi connectivity index (χ0) is 12.5. The van der Waals surface area contributed by atoms with E-state index in [4.69, 9.17) is 0 Å². The van der Waals surface area contributed by atoms with Crippen LogP contribution in [-0.2, 0) is 10.2 Å². The van der Waals surface area contributed by atoms with E-state index in [1.165, 1.54) is 18.2 Å². The van der Waals surface area contributed by atoms with Crippen LogP contribution >= 0.6 is 0 Å². The van der Waals surface area contributed by atoms with E-state index in [-0.39, 0.29) is 0 Å². The summed E-state index contributed by atoms with van der Waals surface area (Å²) < 4.78 is 13.2. The van der Waals surface area contributed by atoms with E-state index in [1.807, 2.05) is 0 Å². The molecule has 2 N–H and O–H groups in total. The third kappa shape index (κ3) is 2.17. The van der Waals surface area contributed by atoms with Gasteiger partial charge >= 0.3 is 5.97 Å².